The van der Waals surface area contributed by atoms with E-state index in [4.69, 9.17) is 4.98 Å². The Morgan fingerprint density at radius 1 is 1.19 bits per heavy atom. The second-order valence-electron chi connectivity index (χ2n) is 9.26. The second kappa shape index (κ2) is 8.48. The van der Waals surface area contributed by atoms with E-state index in [-0.39, 0.29) is 35.3 Å². The average Bonchev–Trinajstić information content (AvgIpc) is 3.21. The van der Waals surface area contributed by atoms with Crippen LogP contribution in [0.15, 0.2) is 10.9 Å². The van der Waals surface area contributed by atoms with Crippen LogP contribution in [0.25, 0.3) is 5.65 Å². The molecule has 1 N–H and O–H groups in total. The maximum atomic E-state index is 13.3. The number of rotatable bonds is 4. The quantitative estimate of drug-likeness (QED) is 0.812. The van der Waals surface area contributed by atoms with Crippen molar-refractivity contribution in [1.29, 1.82) is 0 Å². The van der Waals surface area contributed by atoms with Gasteiger partial charge in [-0.05, 0) is 25.7 Å². The number of aromatic amines is 1. The van der Waals surface area contributed by atoms with Gasteiger partial charge in [0, 0.05) is 37.4 Å². The monoisotopic (exact) mass is 427 g/mol. The summed E-state index contributed by atoms with van der Waals surface area (Å²) in [7, 11) is 0. The Labute approximate surface area is 182 Å². The molecule has 2 aliphatic heterocycles. The zero-order valence-corrected chi connectivity index (χ0v) is 19.0. The number of hydrogen-bond acceptors (Lipinski definition) is 4. The van der Waals surface area contributed by atoms with Crippen LogP contribution >= 0.6 is 0 Å². The molecule has 8 nitrogen and oxygen atoms in total. The molecule has 2 aliphatic rings. The molecular weight excluding hydrogens is 394 g/mol. The van der Waals surface area contributed by atoms with Crippen LogP contribution in [0.1, 0.15) is 76.4 Å². The van der Waals surface area contributed by atoms with E-state index in [1.165, 1.54) is 4.52 Å². The van der Waals surface area contributed by atoms with Gasteiger partial charge in [0.25, 0.3) is 5.56 Å². The number of H-pyrrole nitrogens is 1. The number of piperidine rings is 1. The molecule has 8 heteroatoms. The molecule has 31 heavy (non-hydrogen) atoms. The van der Waals surface area contributed by atoms with E-state index in [9.17, 15) is 14.4 Å². The molecule has 0 spiro atoms. The van der Waals surface area contributed by atoms with Gasteiger partial charge >= 0.3 is 0 Å². The molecule has 2 atom stereocenters. The van der Waals surface area contributed by atoms with Gasteiger partial charge in [-0.3, -0.25) is 19.5 Å². The van der Waals surface area contributed by atoms with Crippen molar-refractivity contribution in [2.45, 2.75) is 72.4 Å². The molecule has 168 valence electrons. The lowest BCUT2D eigenvalue weighted by molar-refractivity contribution is -0.139. The third kappa shape index (κ3) is 3.88. The number of nitrogens with zero attached hydrogens (tertiary/aromatic N) is 4. The van der Waals surface area contributed by atoms with Crippen molar-refractivity contribution in [3.05, 3.63) is 33.4 Å². The minimum Gasteiger partial charge on any atom is -0.337 e. The molecule has 1 fully saturated rings. The summed E-state index contributed by atoms with van der Waals surface area (Å²) in [6.45, 7) is 9.39. The Bertz CT molecular complexity index is 1050. The highest BCUT2D eigenvalue weighted by molar-refractivity contribution is 5.79. The predicted molar refractivity (Wildman–Crippen MR) is 118 cm³/mol. The Morgan fingerprint density at radius 3 is 2.68 bits per heavy atom. The third-order valence-electron chi connectivity index (χ3n) is 6.77. The standard InChI is InChI=1S/C23H33N5O3/c1-5-15(4)22(30)27-10-7-6-8-19(27)18-12-20-24-17-9-11-26(21(29)14(2)3)13-16(17)23(31)28(20)25-18/h12,14-15,19,25H,5-11,13H2,1-4H3/t15-,19-/m1/s1. The molecule has 0 unspecified atom stereocenters. The smallest absolute Gasteiger partial charge is 0.277 e. The van der Waals surface area contributed by atoms with Crippen molar-refractivity contribution in [3.63, 3.8) is 0 Å². The van der Waals surface area contributed by atoms with E-state index in [0.717, 1.165) is 43.6 Å². The van der Waals surface area contributed by atoms with Crippen molar-refractivity contribution in [2.75, 3.05) is 13.1 Å². The molecule has 0 aromatic carbocycles. The first kappa shape index (κ1) is 21.6. The van der Waals surface area contributed by atoms with Gasteiger partial charge in [0.05, 0.1) is 29.5 Å². The molecular formula is C23H33N5O3. The molecule has 0 aliphatic carbocycles. The number of likely N-dealkylation sites (tertiary alicyclic amines) is 1. The second-order valence-corrected chi connectivity index (χ2v) is 9.26. The number of amides is 2. The first-order chi connectivity index (χ1) is 14.8. The molecule has 4 rings (SSSR count). The molecule has 2 aromatic heterocycles. The van der Waals surface area contributed by atoms with Crippen LogP contribution in [0.3, 0.4) is 0 Å². The fraction of sp³-hybridized carbons (Fsp3) is 0.652. The van der Waals surface area contributed by atoms with Crippen molar-refractivity contribution < 1.29 is 9.59 Å². The third-order valence-corrected chi connectivity index (χ3v) is 6.77. The molecule has 0 saturated carbocycles. The molecule has 2 amide bonds. The number of aromatic nitrogens is 3. The van der Waals surface area contributed by atoms with Gasteiger partial charge in [-0.15, -0.1) is 0 Å². The fourth-order valence-corrected chi connectivity index (χ4v) is 4.70. The molecule has 4 heterocycles. The van der Waals surface area contributed by atoms with E-state index >= 15 is 0 Å². The number of carbonyl (C=O) groups excluding carboxylic acids is 2. The minimum absolute atomic E-state index is 0.0115. The van der Waals surface area contributed by atoms with Crippen LogP contribution in [0.4, 0.5) is 0 Å². The van der Waals surface area contributed by atoms with Crippen molar-refractivity contribution in [2.24, 2.45) is 11.8 Å². The number of nitrogens with one attached hydrogen (secondary N) is 1. The topological polar surface area (TPSA) is 90.8 Å². The van der Waals surface area contributed by atoms with E-state index in [2.05, 4.69) is 5.10 Å². The number of fused-ring (bicyclic) bond motifs is 2. The van der Waals surface area contributed by atoms with Crippen molar-refractivity contribution in [1.82, 2.24) is 24.4 Å². The van der Waals surface area contributed by atoms with Gasteiger partial charge in [0.1, 0.15) is 0 Å². The van der Waals surface area contributed by atoms with Crippen LogP contribution in [-0.2, 0) is 22.6 Å². The zero-order valence-electron chi connectivity index (χ0n) is 19.0. The Kier molecular flexibility index (Phi) is 5.90. The van der Waals surface area contributed by atoms with E-state index in [1.807, 2.05) is 38.7 Å². The summed E-state index contributed by atoms with van der Waals surface area (Å²) in [4.78, 5) is 47.1. The summed E-state index contributed by atoms with van der Waals surface area (Å²) < 4.78 is 1.48. The van der Waals surface area contributed by atoms with E-state index in [0.29, 0.717) is 30.7 Å². The Hall–Kier alpha value is -2.64. The van der Waals surface area contributed by atoms with E-state index < -0.39 is 0 Å². The van der Waals surface area contributed by atoms with Gasteiger partial charge in [0.2, 0.25) is 11.8 Å². The van der Waals surface area contributed by atoms with Crippen LogP contribution in [0, 0.1) is 11.8 Å². The summed E-state index contributed by atoms with van der Waals surface area (Å²) in [6.07, 6.45) is 4.33. The lowest BCUT2D eigenvalue weighted by Gasteiger charge is -2.36. The van der Waals surface area contributed by atoms with Gasteiger partial charge in [0.15, 0.2) is 5.65 Å². The van der Waals surface area contributed by atoms with Crippen LogP contribution in [0.2, 0.25) is 0 Å². The molecule has 2 aromatic rings. The first-order valence-electron chi connectivity index (χ1n) is 11.5. The summed E-state index contributed by atoms with van der Waals surface area (Å²) >= 11 is 0. The summed E-state index contributed by atoms with van der Waals surface area (Å²) in [6, 6.07) is 1.85. The van der Waals surface area contributed by atoms with Gasteiger partial charge in [-0.1, -0.05) is 27.7 Å². The van der Waals surface area contributed by atoms with Crippen LogP contribution in [0.5, 0.6) is 0 Å². The highest BCUT2D eigenvalue weighted by Gasteiger charge is 2.32. The normalized spacial score (nSPS) is 20.2. The summed E-state index contributed by atoms with van der Waals surface area (Å²) in [5.41, 5.74) is 2.66. The lowest BCUT2D eigenvalue weighted by atomic mass is 9.96. The maximum absolute atomic E-state index is 13.3. The first-order valence-corrected chi connectivity index (χ1v) is 11.5. The maximum Gasteiger partial charge on any atom is 0.277 e. The Balaban J connectivity index is 1.69. The predicted octanol–water partition coefficient (Wildman–Crippen LogP) is 2.66. The highest BCUT2D eigenvalue weighted by Crippen LogP contribution is 2.32. The largest absolute Gasteiger partial charge is 0.337 e. The van der Waals surface area contributed by atoms with Crippen molar-refractivity contribution >= 4 is 17.5 Å². The fourth-order valence-electron chi connectivity index (χ4n) is 4.70. The lowest BCUT2D eigenvalue weighted by Crippen LogP contribution is -2.42. The highest BCUT2D eigenvalue weighted by atomic mass is 16.2. The van der Waals surface area contributed by atoms with Gasteiger partial charge < -0.3 is 9.80 Å². The summed E-state index contributed by atoms with van der Waals surface area (Å²) in [5.74, 6) is 0.123. The molecule has 0 bridgehead atoms. The van der Waals surface area contributed by atoms with Gasteiger partial charge in [-0.2, -0.15) is 0 Å². The van der Waals surface area contributed by atoms with Crippen LogP contribution in [-0.4, -0.2) is 49.3 Å². The molecule has 1 saturated heterocycles. The Morgan fingerprint density at radius 2 is 1.97 bits per heavy atom. The molecule has 0 radical (unpaired) electrons. The number of carbonyl (C=O) groups is 2. The summed E-state index contributed by atoms with van der Waals surface area (Å²) in [5, 5.41) is 3.24. The average molecular weight is 428 g/mol. The number of hydrogen-bond donors (Lipinski definition) is 1. The van der Waals surface area contributed by atoms with Crippen LogP contribution < -0.4 is 5.56 Å². The SMILES string of the molecule is CC[C@@H](C)C(=O)N1CCCC[C@@H]1c1cc2nc3c(c(=O)n2[nH]1)CN(C(=O)C(C)C)CC3. The van der Waals surface area contributed by atoms with E-state index in [1.54, 1.807) is 4.90 Å². The van der Waals surface area contributed by atoms with Gasteiger partial charge in [-0.25, -0.2) is 9.50 Å². The zero-order chi connectivity index (χ0) is 22.3. The van der Waals surface area contributed by atoms with Crippen molar-refractivity contribution in [3.8, 4) is 0 Å². The minimum atomic E-state index is -0.150.